The molecule has 3 unspecified atom stereocenters. The molecule has 1 amide bonds. The van der Waals surface area contributed by atoms with Crippen LogP contribution < -0.4 is 10.6 Å². The molecule has 2 aliphatic rings. The maximum atomic E-state index is 12.3. The average molecular weight is 401 g/mol. The van der Waals surface area contributed by atoms with Crippen molar-refractivity contribution >= 4 is 28.2 Å². The molecule has 26 heavy (non-hydrogen) atoms. The van der Waals surface area contributed by atoms with Gasteiger partial charge in [0.15, 0.2) is 9.84 Å². The Morgan fingerprint density at radius 1 is 1.15 bits per heavy atom. The summed E-state index contributed by atoms with van der Waals surface area (Å²) < 4.78 is 24.3. The van der Waals surface area contributed by atoms with Gasteiger partial charge in [0.25, 0.3) is 0 Å². The van der Waals surface area contributed by atoms with Crippen molar-refractivity contribution in [2.24, 2.45) is 5.92 Å². The van der Waals surface area contributed by atoms with Gasteiger partial charge >= 0.3 is 0 Å². The normalized spacial score (nSPS) is 25.2. The molecule has 1 aromatic carbocycles. The number of halogens is 1. The number of nitrogens with one attached hydrogen (secondary N) is 2. The Morgan fingerprint density at radius 2 is 1.88 bits per heavy atom. The first-order valence-corrected chi connectivity index (χ1v) is 11.1. The summed E-state index contributed by atoms with van der Waals surface area (Å²) in [5, 5.41) is 6.36. The Bertz CT molecular complexity index is 667. The Labute approximate surface area is 162 Å². The maximum Gasteiger partial charge on any atom is 0.237 e. The summed E-state index contributed by atoms with van der Waals surface area (Å²) in [5.41, 5.74) is 0.810. The largest absolute Gasteiger partial charge is 0.355 e. The molecular weight excluding hydrogens is 372 g/mol. The van der Waals surface area contributed by atoms with Gasteiger partial charge in [0.2, 0.25) is 5.91 Å². The van der Waals surface area contributed by atoms with E-state index in [-0.39, 0.29) is 35.9 Å². The molecule has 7 heteroatoms. The number of sulfone groups is 1. The third kappa shape index (κ3) is 5.96. The second-order valence-corrected chi connectivity index (χ2v) is 9.51. The highest BCUT2D eigenvalue weighted by atomic mass is 35.5. The molecule has 3 rings (SSSR count). The fourth-order valence-corrected chi connectivity index (χ4v) is 5.48. The topological polar surface area (TPSA) is 75.3 Å². The highest BCUT2D eigenvalue weighted by molar-refractivity contribution is 7.90. The third-order valence-electron chi connectivity index (χ3n) is 5.34. The zero-order chi connectivity index (χ0) is 17.7. The van der Waals surface area contributed by atoms with Gasteiger partial charge in [-0.2, -0.15) is 0 Å². The molecule has 2 N–H and O–H groups in total. The lowest BCUT2D eigenvalue weighted by Gasteiger charge is -2.24. The smallest absolute Gasteiger partial charge is 0.237 e. The Kier molecular flexibility index (Phi) is 7.92. The lowest BCUT2D eigenvalue weighted by Crippen LogP contribution is -2.43. The van der Waals surface area contributed by atoms with Crippen molar-refractivity contribution in [3.8, 4) is 0 Å². The minimum atomic E-state index is -3.14. The molecule has 1 aliphatic heterocycles. The van der Waals surface area contributed by atoms with Gasteiger partial charge in [0.05, 0.1) is 17.5 Å². The van der Waals surface area contributed by atoms with Gasteiger partial charge < -0.3 is 10.6 Å². The van der Waals surface area contributed by atoms with Crippen molar-refractivity contribution in [3.63, 3.8) is 0 Å². The number of carbonyl (C=O) groups excluding carboxylic acids is 1. The zero-order valence-corrected chi connectivity index (χ0v) is 16.7. The molecule has 5 nitrogen and oxygen atoms in total. The fourth-order valence-electron chi connectivity index (χ4n) is 4.05. The van der Waals surface area contributed by atoms with Crippen LogP contribution in [-0.4, -0.2) is 38.7 Å². The van der Waals surface area contributed by atoms with Gasteiger partial charge in [0, 0.05) is 12.6 Å². The number of benzene rings is 1. The van der Waals surface area contributed by atoms with E-state index in [0.29, 0.717) is 24.9 Å². The summed E-state index contributed by atoms with van der Waals surface area (Å²) in [4.78, 5) is 12.3. The predicted octanol–water partition coefficient (Wildman–Crippen LogP) is 2.45. The van der Waals surface area contributed by atoms with E-state index in [9.17, 15) is 13.2 Å². The van der Waals surface area contributed by atoms with E-state index in [2.05, 4.69) is 10.6 Å². The fraction of sp³-hybridized carbons (Fsp3) is 0.632. The van der Waals surface area contributed by atoms with Gasteiger partial charge in [-0.15, -0.1) is 12.4 Å². The molecule has 146 valence electrons. The van der Waals surface area contributed by atoms with Crippen molar-refractivity contribution in [3.05, 3.63) is 35.9 Å². The summed E-state index contributed by atoms with van der Waals surface area (Å²) in [5.74, 6) is 0.825. The van der Waals surface area contributed by atoms with Crippen LogP contribution in [0, 0.1) is 5.92 Å². The SMILES string of the molecule is Cl.O=C(NCCCS(=O)(=O)Cc1ccccc1)C1CC2CCCCC2N1. The van der Waals surface area contributed by atoms with Crippen molar-refractivity contribution < 1.29 is 13.2 Å². The first-order valence-electron chi connectivity index (χ1n) is 9.31. The average Bonchev–Trinajstić information content (AvgIpc) is 3.03. The Morgan fingerprint density at radius 3 is 2.62 bits per heavy atom. The number of carbonyl (C=O) groups is 1. The minimum absolute atomic E-state index is 0. The number of hydrogen-bond acceptors (Lipinski definition) is 4. The van der Waals surface area contributed by atoms with Crippen LogP contribution in [-0.2, 0) is 20.4 Å². The summed E-state index contributed by atoms with van der Waals surface area (Å²) in [7, 11) is -3.14. The second kappa shape index (κ2) is 9.72. The van der Waals surface area contributed by atoms with Gasteiger partial charge in [-0.3, -0.25) is 4.79 Å². The van der Waals surface area contributed by atoms with E-state index in [0.717, 1.165) is 12.0 Å². The van der Waals surface area contributed by atoms with E-state index < -0.39 is 9.84 Å². The molecule has 1 aromatic rings. The Hall–Kier alpha value is -1.11. The molecule has 2 fully saturated rings. The monoisotopic (exact) mass is 400 g/mol. The number of hydrogen-bond donors (Lipinski definition) is 2. The molecule has 3 atom stereocenters. The van der Waals surface area contributed by atoms with E-state index in [4.69, 9.17) is 0 Å². The molecule has 0 aromatic heterocycles. The van der Waals surface area contributed by atoms with Gasteiger partial charge in [0.1, 0.15) is 0 Å². The molecule has 0 bridgehead atoms. The quantitative estimate of drug-likeness (QED) is 0.689. The molecule has 1 saturated heterocycles. The van der Waals surface area contributed by atoms with Crippen molar-refractivity contribution in [2.75, 3.05) is 12.3 Å². The van der Waals surface area contributed by atoms with Crippen LogP contribution in [0.25, 0.3) is 0 Å². The van der Waals surface area contributed by atoms with Crippen LogP contribution in [0.3, 0.4) is 0 Å². The summed E-state index contributed by atoms with van der Waals surface area (Å²) in [6, 6.07) is 9.60. The molecule has 0 spiro atoms. The molecule has 1 aliphatic carbocycles. The first-order chi connectivity index (χ1) is 12.0. The van der Waals surface area contributed by atoms with Crippen LogP contribution in [0.15, 0.2) is 30.3 Å². The lowest BCUT2D eigenvalue weighted by molar-refractivity contribution is -0.122. The first kappa shape index (κ1) is 21.2. The summed E-state index contributed by atoms with van der Waals surface area (Å²) in [6.45, 7) is 0.417. The maximum absolute atomic E-state index is 12.3. The van der Waals surface area contributed by atoms with E-state index in [1.807, 2.05) is 30.3 Å². The van der Waals surface area contributed by atoms with Crippen LogP contribution in [0.4, 0.5) is 0 Å². The van der Waals surface area contributed by atoms with Crippen LogP contribution in [0.2, 0.25) is 0 Å². The molecule has 0 radical (unpaired) electrons. The van der Waals surface area contributed by atoms with E-state index >= 15 is 0 Å². The van der Waals surface area contributed by atoms with Gasteiger partial charge in [-0.05, 0) is 37.2 Å². The van der Waals surface area contributed by atoms with E-state index in [1.54, 1.807) is 0 Å². The minimum Gasteiger partial charge on any atom is -0.355 e. The van der Waals surface area contributed by atoms with Crippen molar-refractivity contribution in [2.45, 2.75) is 56.4 Å². The summed E-state index contributed by atoms with van der Waals surface area (Å²) in [6.07, 6.45) is 6.30. The molecular formula is C19H29ClN2O3S. The number of amides is 1. The van der Waals surface area contributed by atoms with Crippen LogP contribution >= 0.6 is 12.4 Å². The van der Waals surface area contributed by atoms with Crippen molar-refractivity contribution in [1.29, 1.82) is 0 Å². The van der Waals surface area contributed by atoms with Crippen molar-refractivity contribution in [1.82, 2.24) is 10.6 Å². The Balaban J connectivity index is 0.00000243. The third-order valence-corrected chi connectivity index (χ3v) is 7.02. The molecule has 1 saturated carbocycles. The second-order valence-electron chi connectivity index (χ2n) is 7.33. The summed E-state index contributed by atoms with van der Waals surface area (Å²) >= 11 is 0. The number of rotatable bonds is 7. The zero-order valence-electron chi connectivity index (χ0n) is 15.0. The standard InChI is InChI=1S/C19H28N2O3S.ClH/c22-19(18-13-16-9-4-5-10-17(16)21-18)20-11-6-12-25(23,24)14-15-7-2-1-3-8-15;/h1-3,7-8,16-18,21H,4-6,9-14H2,(H,20,22);1H. The highest BCUT2D eigenvalue weighted by Gasteiger charge is 2.37. The lowest BCUT2D eigenvalue weighted by atomic mass is 9.85. The van der Waals surface area contributed by atoms with Gasteiger partial charge in [-0.1, -0.05) is 43.2 Å². The number of fused-ring (bicyclic) bond motifs is 1. The predicted molar refractivity (Wildman–Crippen MR) is 106 cm³/mol. The van der Waals surface area contributed by atoms with Crippen LogP contribution in [0.1, 0.15) is 44.1 Å². The van der Waals surface area contributed by atoms with E-state index in [1.165, 1.54) is 25.7 Å². The highest BCUT2D eigenvalue weighted by Crippen LogP contribution is 2.33. The van der Waals surface area contributed by atoms with Crippen LogP contribution in [0.5, 0.6) is 0 Å². The van der Waals surface area contributed by atoms with Gasteiger partial charge in [-0.25, -0.2) is 8.42 Å². The molecule has 1 heterocycles.